The summed E-state index contributed by atoms with van der Waals surface area (Å²) in [5.74, 6) is -0.444. The van der Waals surface area contributed by atoms with Crippen LogP contribution < -0.4 is 11.1 Å². The van der Waals surface area contributed by atoms with E-state index < -0.39 is 24.2 Å². The number of fused-ring (bicyclic) bond motifs is 1. The molecule has 4 rings (SSSR count). The number of aliphatic hydroxyl groups excluding tert-OH is 1. The lowest BCUT2D eigenvalue weighted by Gasteiger charge is -2.10. The molecule has 4 aromatic rings. The van der Waals surface area contributed by atoms with Crippen molar-refractivity contribution in [2.24, 2.45) is 0 Å². The molecule has 7 nitrogen and oxygen atoms in total. The molecule has 0 bridgehead atoms. The van der Waals surface area contributed by atoms with Crippen LogP contribution in [0.2, 0.25) is 0 Å². The normalized spacial score (nSPS) is 11.8. The number of halogens is 4. The Labute approximate surface area is 166 Å². The number of hydrogen-bond donors (Lipinski definition) is 3. The van der Waals surface area contributed by atoms with Crippen molar-refractivity contribution >= 4 is 23.1 Å². The van der Waals surface area contributed by atoms with Crippen LogP contribution in [-0.2, 0) is 12.8 Å². The molecular formula is C19H14F4N6O. The van der Waals surface area contributed by atoms with Crippen LogP contribution in [0.15, 0.2) is 48.7 Å². The molecule has 0 aliphatic carbocycles. The smallest absolute Gasteiger partial charge is 0.390 e. The van der Waals surface area contributed by atoms with E-state index in [4.69, 9.17) is 5.73 Å². The van der Waals surface area contributed by atoms with E-state index >= 15 is 0 Å². The predicted molar refractivity (Wildman–Crippen MR) is 101 cm³/mol. The van der Waals surface area contributed by atoms with Crippen LogP contribution in [0.25, 0.3) is 17.0 Å². The molecule has 0 amide bonds. The minimum Gasteiger partial charge on any atom is -0.390 e. The number of anilines is 3. The summed E-state index contributed by atoms with van der Waals surface area (Å²) in [4.78, 5) is 12.6. The van der Waals surface area contributed by atoms with Gasteiger partial charge in [0, 0.05) is 18.0 Å². The third-order valence-electron chi connectivity index (χ3n) is 4.26. The number of nitrogens with zero attached hydrogens (tertiary/aromatic N) is 4. The van der Waals surface area contributed by atoms with Crippen molar-refractivity contribution in [3.05, 3.63) is 65.7 Å². The summed E-state index contributed by atoms with van der Waals surface area (Å²) >= 11 is 0. The molecule has 0 saturated carbocycles. The highest BCUT2D eigenvalue weighted by atomic mass is 19.4. The number of alkyl halides is 3. The van der Waals surface area contributed by atoms with Crippen molar-refractivity contribution in [3.63, 3.8) is 0 Å². The Balaban J connectivity index is 1.74. The van der Waals surface area contributed by atoms with E-state index in [1.807, 2.05) is 0 Å². The maximum absolute atomic E-state index is 13.7. The largest absolute Gasteiger partial charge is 0.416 e. The van der Waals surface area contributed by atoms with Gasteiger partial charge in [0.05, 0.1) is 29.3 Å². The maximum Gasteiger partial charge on any atom is 0.416 e. The molecule has 0 aliphatic rings. The summed E-state index contributed by atoms with van der Waals surface area (Å²) in [6.07, 6.45) is -3.25. The molecule has 0 unspecified atom stereocenters. The molecule has 1 aromatic carbocycles. The van der Waals surface area contributed by atoms with Gasteiger partial charge in [-0.3, -0.25) is 4.40 Å². The number of pyridine rings is 1. The summed E-state index contributed by atoms with van der Waals surface area (Å²) in [7, 11) is 0. The predicted octanol–water partition coefficient (Wildman–Crippen LogP) is 3.77. The molecule has 154 valence electrons. The molecule has 3 aromatic heterocycles. The van der Waals surface area contributed by atoms with Crippen molar-refractivity contribution in [2.45, 2.75) is 12.8 Å². The van der Waals surface area contributed by atoms with Gasteiger partial charge in [-0.05, 0) is 36.4 Å². The van der Waals surface area contributed by atoms with Crippen molar-refractivity contribution < 1.29 is 22.7 Å². The molecule has 3 heterocycles. The summed E-state index contributed by atoms with van der Waals surface area (Å²) in [6, 6.07) is 8.42. The Morgan fingerprint density at radius 3 is 2.43 bits per heavy atom. The molecule has 4 N–H and O–H groups in total. The fraction of sp³-hybridized carbons (Fsp3) is 0.105. The standard InChI is InChI=1S/C19H14F4N6O/c20-11-3-6-16-26-14(9-30)17(29(16)8-11)13-7-15(24)28-18(27-13)25-12-4-1-10(2-5-12)19(21,22)23/h1-8,30H,9H2,(H3,24,25,27,28). The van der Waals surface area contributed by atoms with Gasteiger partial charge in [-0.2, -0.15) is 18.2 Å². The van der Waals surface area contributed by atoms with Gasteiger partial charge < -0.3 is 16.2 Å². The molecular weight excluding hydrogens is 404 g/mol. The van der Waals surface area contributed by atoms with Gasteiger partial charge in [0.1, 0.15) is 17.3 Å². The molecule has 0 saturated heterocycles. The second kappa shape index (κ2) is 7.26. The van der Waals surface area contributed by atoms with Crippen molar-refractivity contribution in [2.75, 3.05) is 11.1 Å². The fourth-order valence-electron chi connectivity index (χ4n) is 2.96. The first-order chi connectivity index (χ1) is 14.2. The molecule has 0 atom stereocenters. The van der Waals surface area contributed by atoms with Gasteiger partial charge in [-0.1, -0.05) is 0 Å². The number of imidazole rings is 1. The third kappa shape index (κ3) is 3.74. The quantitative estimate of drug-likeness (QED) is 0.436. The molecule has 0 spiro atoms. The Bertz CT molecular complexity index is 1220. The summed E-state index contributed by atoms with van der Waals surface area (Å²) in [5.41, 5.74) is 6.59. The molecule has 0 fully saturated rings. The highest BCUT2D eigenvalue weighted by molar-refractivity contribution is 5.68. The third-order valence-corrected chi connectivity index (χ3v) is 4.26. The van der Waals surface area contributed by atoms with Crippen LogP contribution in [0.4, 0.5) is 35.0 Å². The lowest BCUT2D eigenvalue weighted by atomic mass is 10.2. The topological polar surface area (TPSA) is 101 Å². The Hall–Kier alpha value is -3.73. The van der Waals surface area contributed by atoms with Gasteiger partial charge in [-0.15, -0.1) is 0 Å². The SMILES string of the molecule is Nc1cc(-c2c(CO)nc3ccc(F)cn23)nc(Nc2ccc(C(F)(F)F)cc2)n1. The highest BCUT2D eigenvalue weighted by Gasteiger charge is 2.30. The van der Waals surface area contributed by atoms with E-state index in [1.165, 1.54) is 40.9 Å². The van der Waals surface area contributed by atoms with Crippen molar-refractivity contribution in [3.8, 4) is 11.4 Å². The van der Waals surface area contributed by atoms with Gasteiger partial charge in [0.2, 0.25) is 5.95 Å². The number of benzene rings is 1. The van der Waals surface area contributed by atoms with E-state index in [1.54, 1.807) is 0 Å². The fourth-order valence-corrected chi connectivity index (χ4v) is 2.96. The highest BCUT2D eigenvalue weighted by Crippen LogP contribution is 2.31. The summed E-state index contributed by atoms with van der Waals surface area (Å²) in [5, 5.41) is 12.5. The minimum atomic E-state index is -4.45. The summed E-state index contributed by atoms with van der Waals surface area (Å²) < 4.78 is 53.3. The lowest BCUT2D eigenvalue weighted by Crippen LogP contribution is -2.06. The second-order valence-electron chi connectivity index (χ2n) is 6.34. The van der Waals surface area contributed by atoms with E-state index in [2.05, 4.69) is 20.3 Å². The van der Waals surface area contributed by atoms with E-state index in [-0.39, 0.29) is 23.2 Å². The van der Waals surface area contributed by atoms with E-state index in [0.717, 1.165) is 12.1 Å². The van der Waals surface area contributed by atoms with Gasteiger partial charge >= 0.3 is 6.18 Å². The molecule has 11 heteroatoms. The lowest BCUT2D eigenvalue weighted by molar-refractivity contribution is -0.137. The van der Waals surface area contributed by atoms with E-state index in [9.17, 15) is 22.7 Å². The van der Waals surface area contributed by atoms with Crippen molar-refractivity contribution in [1.29, 1.82) is 0 Å². The number of hydrogen-bond acceptors (Lipinski definition) is 6. The van der Waals surface area contributed by atoms with Crippen LogP contribution in [0.1, 0.15) is 11.3 Å². The Kier molecular flexibility index (Phi) is 4.74. The van der Waals surface area contributed by atoms with Gasteiger partial charge in [0.25, 0.3) is 0 Å². The summed E-state index contributed by atoms with van der Waals surface area (Å²) in [6.45, 7) is -0.426. The first kappa shape index (κ1) is 19.6. The minimum absolute atomic E-state index is 0.0139. The molecule has 0 radical (unpaired) electrons. The first-order valence-electron chi connectivity index (χ1n) is 8.61. The Morgan fingerprint density at radius 1 is 1.03 bits per heavy atom. The van der Waals surface area contributed by atoms with Gasteiger partial charge in [-0.25, -0.2) is 14.4 Å². The second-order valence-corrected chi connectivity index (χ2v) is 6.34. The zero-order chi connectivity index (χ0) is 21.5. The molecule has 30 heavy (non-hydrogen) atoms. The Morgan fingerprint density at radius 2 is 1.77 bits per heavy atom. The number of aromatic nitrogens is 4. The number of nitrogens with one attached hydrogen (secondary N) is 1. The van der Waals surface area contributed by atoms with Gasteiger partial charge in [0.15, 0.2) is 0 Å². The zero-order valence-electron chi connectivity index (χ0n) is 15.2. The van der Waals surface area contributed by atoms with Crippen LogP contribution >= 0.6 is 0 Å². The van der Waals surface area contributed by atoms with Crippen LogP contribution in [0, 0.1) is 5.82 Å². The van der Waals surface area contributed by atoms with E-state index in [0.29, 0.717) is 17.0 Å². The number of rotatable bonds is 4. The number of aliphatic hydroxyl groups is 1. The molecule has 0 aliphatic heterocycles. The average Bonchev–Trinajstić information content (AvgIpc) is 3.05. The number of nitrogen functional groups attached to an aromatic ring is 1. The van der Waals surface area contributed by atoms with Crippen LogP contribution in [0.5, 0.6) is 0 Å². The van der Waals surface area contributed by atoms with Crippen LogP contribution in [0.3, 0.4) is 0 Å². The van der Waals surface area contributed by atoms with Crippen LogP contribution in [-0.4, -0.2) is 24.5 Å². The number of nitrogens with two attached hydrogens (primary N) is 1. The average molecular weight is 418 g/mol. The van der Waals surface area contributed by atoms with Crippen molar-refractivity contribution in [1.82, 2.24) is 19.4 Å². The maximum atomic E-state index is 13.7. The monoisotopic (exact) mass is 418 g/mol. The first-order valence-corrected chi connectivity index (χ1v) is 8.61. The zero-order valence-corrected chi connectivity index (χ0v) is 15.2.